The number of hydrogen-bond acceptors (Lipinski definition) is 2. The predicted molar refractivity (Wildman–Crippen MR) is 57.7 cm³/mol. The normalized spacial score (nSPS) is 8.79. The smallest absolute Gasteiger partial charge is 0 e. The molecule has 0 aliphatic carbocycles. The number of rotatable bonds is 5. The number of unbranched alkanes of at least 4 members (excludes halogenated alkanes) is 3. The molecule has 0 aromatic heterocycles. The summed E-state index contributed by atoms with van der Waals surface area (Å²) in [7, 11) is 0. The number of aryl methyl sites for hydroxylation is 1. The highest BCUT2D eigenvalue weighted by atomic mass is 14.6. The third-order valence-electron chi connectivity index (χ3n) is 2.16. The van der Waals surface area contributed by atoms with Crippen LogP contribution >= 0.6 is 0 Å². The first-order valence-electron chi connectivity index (χ1n) is 5.17. The van der Waals surface area contributed by atoms with Crippen LogP contribution in [0.15, 0.2) is 30.3 Å². The van der Waals surface area contributed by atoms with Crippen LogP contribution in [0.2, 0.25) is 0 Å². The Kier molecular flexibility index (Phi) is 8.78. The van der Waals surface area contributed by atoms with Gasteiger partial charge in [0.15, 0.2) is 0 Å². The highest BCUT2D eigenvalue weighted by molar-refractivity contribution is 5.14. The largest absolute Gasteiger partial charge is 0.0654 e. The summed E-state index contributed by atoms with van der Waals surface area (Å²) in [5, 5.41) is 12.0. The maximum Gasteiger partial charge on any atom is 0 e. The van der Waals surface area contributed by atoms with Crippen molar-refractivity contribution in [1.29, 1.82) is 10.8 Å². The minimum atomic E-state index is 1.25. The molecule has 0 atom stereocenters. The second kappa shape index (κ2) is 9.73. The lowest BCUT2D eigenvalue weighted by Crippen LogP contribution is -1.84. The molecule has 0 saturated heterocycles. The molecule has 0 radical (unpaired) electrons. The molecule has 0 heterocycles. The molecule has 2 heteroatoms. The van der Waals surface area contributed by atoms with Crippen LogP contribution in [0.3, 0.4) is 0 Å². The molecule has 1 rings (SSSR count). The van der Waals surface area contributed by atoms with E-state index < -0.39 is 0 Å². The van der Waals surface area contributed by atoms with Gasteiger partial charge < -0.3 is 0 Å². The Morgan fingerprint density at radius 3 is 2.14 bits per heavy atom. The van der Waals surface area contributed by atoms with Gasteiger partial charge in [-0.3, -0.25) is 0 Å². The molecular formula is C12H18N2. The third-order valence-corrected chi connectivity index (χ3v) is 2.16. The first kappa shape index (κ1) is 12.6. The Balaban J connectivity index is 0.000000791. The fourth-order valence-electron chi connectivity index (χ4n) is 1.40. The van der Waals surface area contributed by atoms with Crippen molar-refractivity contribution >= 4 is 0 Å². The Hall–Kier alpha value is -1.36. The number of hydrogen-bond donors (Lipinski definition) is 0. The molecule has 1 aromatic carbocycles. The Morgan fingerprint density at radius 2 is 1.57 bits per heavy atom. The molecule has 0 aliphatic heterocycles. The minimum Gasteiger partial charge on any atom is -0.0654 e. The molecule has 0 unspecified atom stereocenters. The van der Waals surface area contributed by atoms with E-state index in [1.54, 1.807) is 0 Å². The van der Waals surface area contributed by atoms with Crippen LogP contribution < -0.4 is 0 Å². The number of nitrogens with zero attached hydrogens (tertiary/aromatic N) is 2. The molecule has 1 aromatic rings. The summed E-state index contributed by atoms with van der Waals surface area (Å²) in [4.78, 5) is 0. The minimum absolute atomic E-state index is 1.25. The van der Waals surface area contributed by atoms with E-state index in [1.807, 2.05) is 0 Å². The maximum atomic E-state index is 6.00. The van der Waals surface area contributed by atoms with Crippen LogP contribution in [0.5, 0.6) is 0 Å². The van der Waals surface area contributed by atoms with E-state index in [-0.39, 0.29) is 0 Å². The van der Waals surface area contributed by atoms with E-state index in [4.69, 9.17) is 10.8 Å². The Labute approximate surface area is 86.4 Å². The quantitative estimate of drug-likeness (QED) is 0.523. The van der Waals surface area contributed by atoms with E-state index in [0.717, 1.165) is 0 Å². The molecule has 0 aliphatic rings. The zero-order chi connectivity index (χ0) is 10.6. The Morgan fingerprint density at radius 1 is 0.929 bits per heavy atom. The zero-order valence-electron chi connectivity index (χ0n) is 8.82. The molecule has 0 saturated carbocycles. The van der Waals surface area contributed by atoms with Gasteiger partial charge in [-0.05, 0) is 18.4 Å². The fourth-order valence-corrected chi connectivity index (χ4v) is 1.40. The zero-order valence-corrected chi connectivity index (χ0v) is 8.82. The SMILES string of the molecule is CCCCCCc1ccccc1.N#N. The predicted octanol–water partition coefficient (Wildman–Crippen LogP) is 3.84. The summed E-state index contributed by atoms with van der Waals surface area (Å²) in [6.45, 7) is 2.25. The Bertz CT molecular complexity index is 229. The third kappa shape index (κ3) is 6.19. The summed E-state index contributed by atoms with van der Waals surface area (Å²) >= 11 is 0. The summed E-state index contributed by atoms with van der Waals surface area (Å²) in [5.41, 5.74) is 1.48. The lowest BCUT2D eigenvalue weighted by molar-refractivity contribution is 0.667. The molecule has 0 spiro atoms. The fraction of sp³-hybridized carbons (Fsp3) is 0.500. The van der Waals surface area contributed by atoms with E-state index in [0.29, 0.717) is 0 Å². The van der Waals surface area contributed by atoms with E-state index in [2.05, 4.69) is 37.3 Å². The molecule has 0 N–H and O–H groups in total. The summed E-state index contributed by atoms with van der Waals surface area (Å²) < 4.78 is 0. The van der Waals surface area contributed by atoms with Gasteiger partial charge in [-0.2, -0.15) is 0 Å². The molecule has 0 bridgehead atoms. The van der Waals surface area contributed by atoms with Gasteiger partial charge in [-0.15, -0.1) is 0 Å². The van der Waals surface area contributed by atoms with Crippen LogP contribution in [-0.4, -0.2) is 0 Å². The second-order valence-corrected chi connectivity index (χ2v) is 3.30. The molecule has 2 nitrogen and oxygen atoms in total. The van der Waals surface area contributed by atoms with Crippen LogP contribution in [0.4, 0.5) is 0 Å². The monoisotopic (exact) mass is 190 g/mol. The summed E-state index contributed by atoms with van der Waals surface area (Å²) in [6, 6.07) is 10.7. The van der Waals surface area contributed by atoms with Crippen molar-refractivity contribution in [2.45, 2.75) is 39.0 Å². The van der Waals surface area contributed by atoms with Crippen LogP contribution in [-0.2, 0) is 6.42 Å². The van der Waals surface area contributed by atoms with Crippen LogP contribution in [0.1, 0.15) is 38.2 Å². The van der Waals surface area contributed by atoms with Crippen LogP contribution in [0, 0.1) is 10.8 Å². The van der Waals surface area contributed by atoms with Crippen LogP contribution in [0.25, 0.3) is 0 Å². The molecule has 14 heavy (non-hydrogen) atoms. The topological polar surface area (TPSA) is 47.6 Å². The molecule has 0 fully saturated rings. The molecule has 76 valence electrons. The average molecular weight is 190 g/mol. The van der Waals surface area contributed by atoms with Gasteiger partial charge in [0.2, 0.25) is 0 Å². The second-order valence-electron chi connectivity index (χ2n) is 3.30. The lowest BCUT2D eigenvalue weighted by Gasteiger charge is -1.99. The van der Waals surface area contributed by atoms with Crippen molar-refractivity contribution in [3.05, 3.63) is 35.9 Å². The van der Waals surface area contributed by atoms with E-state index >= 15 is 0 Å². The lowest BCUT2D eigenvalue weighted by atomic mass is 10.1. The maximum absolute atomic E-state index is 6.00. The highest BCUT2D eigenvalue weighted by Crippen LogP contribution is 2.06. The average Bonchev–Trinajstić information content (AvgIpc) is 2.29. The van der Waals surface area contributed by atoms with Crippen molar-refractivity contribution in [2.75, 3.05) is 0 Å². The first-order valence-corrected chi connectivity index (χ1v) is 5.17. The van der Waals surface area contributed by atoms with Gasteiger partial charge in [0.25, 0.3) is 0 Å². The summed E-state index contributed by atoms with van der Waals surface area (Å²) in [6.07, 6.45) is 6.69. The van der Waals surface area contributed by atoms with Crippen molar-refractivity contribution in [2.24, 2.45) is 0 Å². The van der Waals surface area contributed by atoms with Crippen molar-refractivity contribution in [1.82, 2.24) is 0 Å². The van der Waals surface area contributed by atoms with Gasteiger partial charge in [-0.25, -0.2) is 0 Å². The van der Waals surface area contributed by atoms with Crippen molar-refractivity contribution < 1.29 is 0 Å². The van der Waals surface area contributed by atoms with Crippen molar-refractivity contribution in [3.8, 4) is 0 Å². The van der Waals surface area contributed by atoms with Gasteiger partial charge in [-0.1, -0.05) is 56.5 Å². The van der Waals surface area contributed by atoms with E-state index in [9.17, 15) is 0 Å². The first-order chi connectivity index (χ1) is 6.93. The van der Waals surface area contributed by atoms with Gasteiger partial charge in [0.1, 0.15) is 0 Å². The van der Waals surface area contributed by atoms with Gasteiger partial charge >= 0.3 is 0 Å². The van der Waals surface area contributed by atoms with Gasteiger partial charge in [0, 0.05) is 10.8 Å². The highest BCUT2D eigenvalue weighted by Gasteiger charge is 1.90. The summed E-state index contributed by atoms with van der Waals surface area (Å²) in [5.74, 6) is 0. The molecular weight excluding hydrogens is 172 g/mol. The molecule has 0 amide bonds. The van der Waals surface area contributed by atoms with Gasteiger partial charge in [0.05, 0.1) is 0 Å². The van der Waals surface area contributed by atoms with Crippen molar-refractivity contribution in [3.63, 3.8) is 0 Å². The standard InChI is InChI=1S/C12H18.N2/c1-2-3-4-6-9-12-10-7-5-8-11-12;1-2/h5,7-8,10-11H,2-4,6,9H2,1H3;. The van der Waals surface area contributed by atoms with E-state index in [1.165, 1.54) is 37.7 Å². The number of benzene rings is 1.